The molecule has 29 heavy (non-hydrogen) atoms. The molecule has 0 bridgehead atoms. The molecule has 1 aliphatic rings. The van der Waals surface area contributed by atoms with Crippen molar-refractivity contribution < 1.29 is 23.9 Å². The van der Waals surface area contributed by atoms with Crippen molar-refractivity contribution in [2.24, 2.45) is 0 Å². The molecule has 0 spiro atoms. The Bertz CT molecular complexity index is 909. The molecule has 1 N–H and O–H groups in total. The highest BCUT2D eigenvalue weighted by Gasteiger charge is 2.23. The first-order chi connectivity index (χ1) is 14.0. The maximum absolute atomic E-state index is 12.7. The van der Waals surface area contributed by atoms with E-state index in [1.54, 1.807) is 40.1 Å². The summed E-state index contributed by atoms with van der Waals surface area (Å²) in [6.07, 6.45) is 0.776. The third-order valence-electron chi connectivity index (χ3n) is 4.61. The molecule has 1 fully saturated rings. The molecule has 1 aromatic heterocycles. The Morgan fingerprint density at radius 1 is 1.03 bits per heavy atom. The van der Waals surface area contributed by atoms with E-state index in [2.05, 4.69) is 10.3 Å². The Labute approximate surface area is 168 Å². The molecule has 9 heteroatoms. The van der Waals surface area contributed by atoms with Gasteiger partial charge in [-0.05, 0) is 24.3 Å². The number of amides is 3. The predicted octanol–water partition coefficient (Wildman–Crippen LogP) is 1.27. The molecule has 1 saturated heterocycles. The lowest BCUT2D eigenvalue weighted by atomic mass is 10.2. The number of anilines is 1. The second-order valence-corrected chi connectivity index (χ2v) is 6.36. The van der Waals surface area contributed by atoms with Crippen molar-refractivity contribution in [1.29, 1.82) is 0 Å². The first-order valence-corrected chi connectivity index (χ1v) is 9.04. The molecule has 2 heterocycles. The van der Waals surface area contributed by atoms with Gasteiger partial charge in [-0.3, -0.25) is 14.4 Å². The summed E-state index contributed by atoms with van der Waals surface area (Å²) in [7, 11) is 3.03. The van der Waals surface area contributed by atoms with Crippen LogP contribution in [-0.2, 0) is 4.79 Å². The number of piperazine rings is 1. The summed E-state index contributed by atoms with van der Waals surface area (Å²) < 4.78 is 10.4. The van der Waals surface area contributed by atoms with E-state index in [-0.39, 0.29) is 17.3 Å². The van der Waals surface area contributed by atoms with E-state index in [4.69, 9.17) is 9.47 Å². The summed E-state index contributed by atoms with van der Waals surface area (Å²) in [5.74, 6) is 0.305. The molecule has 3 amide bonds. The number of carbonyl (C=O) groups excluding carboxylic acids is 3. The fraction of sp³-hybridized carbons (Fsp3) is 0.300. The molecule has 0 unspecified atom stereocenters. The van der Waals surface area contributed by atoms with E-state index >= 15 is 0 Å². The van der Waals surface area contributed by atoms with Crippen LogP contribution in [0.4, 0.5) is 5.69 Å². The summed E-state index contributed by atoms with van der Waals surface area (Å²) in [5, 5.41) is 2.74. The molecule has 9 nitrogen and oxygen atoms in total. The van der Waals surface area contributed by atoms with Crippen molar-refractivity contribution in [3.8, 4) is 11.5 Å². The van der Waals surface area contributed by atoms with E-state index in [0.717, 1.165) is 6.41 Å². The standard InChI is InChI=1S/C20H22N4O5/c1-28-14-6-7-15(18(12-14)29-2)22-19(26)16-4-3-5-17(21-16)20(27)24-10-8-23(13-25)9-11-24/h3-7,12-13H,8-11H2,1-2H3,(H,22,26). The summed E-state index contributed by atoms with van der Waals surface area (Å²) in [6.45, 7) is 1.82. The number of nitrogens with zero attached hydrogens (tertiary/aromatic N) is 3. The summed E-state index contributed by atoms with van der Waals surface area (Å²) in [4.78, 5) is 43.6. The topological polar surface area (TPSA) is 101 Å². The number of aromatic nitrogens is 1. The Morgan fingerprint density at radius 3 is 2.41 bits per heavy atom. The van der Waals surface area contributed by atoms with E-state index < -0.39 is 5.91 Å². The van der Waals surface area contributed by atoms with Gasteiger partial charge in [0, 0.05) is 32.2 Å². The van der Waals surface area contributed by atoms with Crippen LogP contribution in [0.5, 0.6) is 11.5 Å². The number of carbonyl (C=O) groups is 3. The van der Waals surface area contributed by atoms with E-state index in [1.807, 2.05) is 0 Å². The smallest absolute Gasteiger partial charge is 0.274 e. The number of nitrogens with one attached hydrogen (secondary N) is 1. The van der Waals surface area contributed by atoms with Crippen LogP contribution in [0.3, 0.4) is 0 Å². The van der Waals surface area contributed by atoms with Gasteiger partial charge in [0.1, 0.15) is 22.9 Å². The summed E-state index contributed by atoms with van der Waals surface area (Å²) in [6, 6.07) is 9.73. The zero-order valence-corrected chi connectivity index (χ0v) is 16.3. The first-order valence-electron chi connectivity index (χ1n) is 9.04. The third kappa shape index (κ3) is 4.63. The third-order valence-corrected chi connectivity index (χ3v) is 4.61. The van der Waals surface area contributed by atoms with Crippen LogP contribution in [0.15, 0.2) is 36.4 Å². The normalized spacial score (nSPS) is 13.6. The number of benzene rings is 1. The van der Waals surface area contributed by atoms with Crippen LogP contribution < -0.4 is 14.8 Å². The van der Waals surface area contributed by atoms with Gasteiger partial charge in [-0.2, -0.15) is 0 Å². The van der Waals surface area contributed by atoms with Crippen molar-refractivity contribution in [3.63, 3.8) is 0 Å². The summed E-state index contributed by atoms with van der Waals surface area (Å²) >= 11 is 0. The highest BCUT2D eigenvalue weighted by molar-refractivity contribution is 6.04. The van der Waals surface area contributed by atoms with Gasteiger partial charge < -0.3 is 24.6 Å². The molecule has 152 valence electrons. The van der Waals surface area contributed by atoms with Crippen LogP contribution in [-0.4, -0.2) is 73.4 Å². The van der Waals surface area contributed by atoms with Gasteiger partial charge in [-0.25, -0.2) is 4.98 Å². The minimum absolute atomic E-state index is 0.111. The van der Waals surface area contributed by atoms with Gasteiger partial charge in [-0.15, -0.1) is 0 Å². The molecule has 0 saturated carbocycles. The molecule has 0 atom stereocenters. The van der Waals surface area contributed by atoms with Gasteiger partial charge >= 0.3 is 0 Å². The monoisotopic (exact) mass is 398 g/mol. The number of pyridine rings is 1. The molecule has 0 aliphatic carbocycles. The lowest BCUT2D eigenvalue weighted by Gasteiger charge is -2.32. The van der Waals surface area contributed by atoms with E-state index in [0.29, 0.717) is 43.4 Å². The van der Waals surface area contributed by atoms with Crippen LogP contribution in [0, 0.1) is 0 Å². The molecular formula is C20H22N4O5. The average Bonchev–Trinajstić information content (AvgIpc) is 2.78. The average molecular weight is 398 g/mol. The zero-order valence-electron chi connectivity index (χ0n) is 16.3. The molecular weight excluding hydrogens is 376 g/mol. The van der Waals surface area contributed by atoms with Crippen LogP contribution in [0.2, 0.25) is 0 Å². The van der Waals surface area contributed by atoms with Gasteiger partial charge in [0.15, 0.2) is 0 Å². The first kappa shape index (κ1) is 20.1. The molecule has 1 aromatic carbocycles. The Hall–Kier alpha value is -3.62. The predicted molar refractivity (Wildman–Crippen MR) is 105 cm³/mol. The molecule has 3 rings (SSSR count). The second kappa shape index (κ2) is 9.05. The number of methoxy groups -OCH3 is 2. The molecule has 0 radical (unpaired) electrons. The largest absolute Gasteiger partial charge is 0.497 e. The lowest BCUT2D eigenvalue weighted by Crippen LogP contribution is -2.48. The fourth-order valence-electron chi connectivity index (χ4n) is 2.96. The number of rotatable bonds is 6. The maximum atomic E-state index is 12.7. The quantitative estimate of drug-likeness (QED) is 0.736. The van der Waals surface area contributed by atoms with Gasteiger partial charge in [0.2, 0.25) is 6.41 Å². The fourth-order valence-corrected chi connectivity index (χ4v) is 2.96. The highest BCUT2D eigenvalue weighted by atomic mass is 16.5. The van der Waals surface area contributed by atoms with Crippen LogP contribution in [0.1, 0.15) is 21.0 Å². The van der Waals surface area contributed by atoms with E-state index in [9.17, 15) is 14.4 Å². The summed E-state index contributed by atoms with van der Waals surface area (Å²) in [5.41, 5.74) is 0.751. The van der Waals surface area contributed by atoms with Crippen molar-refractivity contribution in [2.75, 3.05) is 45.7 Å². The highest BCUT2D eigenvalue weighted by Crippen LogP contribution is 2.29. The van der Waals surface area contributed by atoms with Crippen molar-refractivity contribution >= 4 is 23.9 Å². The zero-order chi connectivity index (χ0) is 20.8. The van der Waals surface area contributed by atoms with E-state index in [1.165, 1.54) is 20.3 Å². The minimum Gasteiger partial charge on any atom is -0.497 e. The number of ether oxygens (including phenoxy) is 2. The Kier molecular flexibility index (Phi) is 6.28. The van der Waals surface area contributed by atoms with Crippen molar-refractivity contribution in [1.82, 2.24) is 14.8 Å². The maximum Gasteiger partial charge on any atom is 0.274 e. The van der Waals surface area contributed by atoms with Crippen molar-refractivity contribution in [2.45, 2.75) is 0 Å². The number of hydrogen-bond acceptors (Lipinski definition) is 6. The van der Waals surface area contributed by atoms with Crippen LogP contribution in [0.25, 0.3) is 0 Å². The molecule has 2 aromatic rings. The molecule has 1 aliphatic heterocycles. The second-order valence-electron chi connectivity index (χ2n) is 6.36. The van der Waals surface area contributed by atoms with Crippen molar-refractivity contribution in [3.05, 3.63) is 47.8 Å². The van der Waals surface area contributed by atoms with Crippen LogP contribution >= 0.6 is 0 Å². The van der Waals surface area contributed by atoms with Gasteiger partial charge in [-0.1, -0.05) is 6.07 Å². The Balaban J connectivity index is 1.73. The Morgan fingerprint density at radius 2 is 1.76 bits per heavy atom. The minimum atomic E-state index is -0.464. The lowest BCUT2D eigenvalue weighted by molar-refractivity contribution is -0.119. The van der Waals surface area contributed by atoms with Gasteiger partial charge in [0.05, 0.1) is 19.9 Å². The van der Waals surface area contributed by atoms with Gasteiger partial charge in [0.25, 0.3) is 11.8 Å². The SMILES string of the molecule is COc1ccc(NC(=O)c2cccc(C(=O)N3CCN(C=O)CC3)n2)c(OC)c1. The number of hydrogen-bond donors (Lipinski definition) is 1.